The minimum absolute atomic E-state index is 0.0277. The van der Waals surface area contributed by atoms with E-state index in [0.29, 0.717) is 0 Å². The van der Waals surface area contributed by atoms with Crippen molar-refractivity contribution in [2.45, 2.75) is 26.7 Å². The third-order valence-corrected chi connectivity index (χ3v) is 3.62. The molecule has 1 aliphatic carbocycles. The van der Waals surface area contributed by atoms with Crippen LogP contribution in [0.2, 0.25) is 0 Å². The molecule has 4 amide bonds. The molecule has 0 spiro atoms. The van der Waals surface area contributed by atoms with Gasteiger partial charge in [0.05, 0.1) is 0 Å². The van der Waals surface area contributed by atoms with E-state index in [-0.39, 0.29) is 18.7 Å². The smallest absolute Gasteiger partial charge is 0.268 e. The lowest BCUT2D eigenvalue weighted by Gasteiger charge is -2.32. The molecule has 2 aliphatic rings. The Morgan fingerprint density at radius 1 is 1.05 bits per heavy atom. The van der Waals surface area contributed by atoms with Crippen LogP contribution in [0.1, 0.15) is 26.7 Å². The molecule has 0 aromatic carbocycles. The Kier molecular flexibility index (Phi) is 5.09. The van der Waals surface area contributed by atoms with Gasteiger partial charge in [0.1, 0.15) is 5.57 Å². The van der Waals surface area contributed by atoms with E-state index in [0.717, 1.165) is 28.2 Å². The van der Waals surface area contributed by atoms with Gasteiger partial charge >= 0.3 is 6.03 Å². The molecule has 0 radical (unpaired) electrons. The predicted octanol–water partition coefficient (Wildman–Crippen LogP) is 2.58. The highest BCUT2D eigenvalue weighted by molar-refractivity contribution is 6.28. The van der Waals surface area contributed by atoms with Crippen LogP contribution in [0.4, 0.5) is 4.79 Å². The first-order chi connectivity index (χ1) is 10.6. The highest BCUT2D eigenvalue weighted by Gasteiger charge is 2.39. The van der Waals surface area contributed by atoms with Crippen molar-refractivity contribution >= 4 is 17.8 Å². The molecule has 22 heavy (non-hydrogen) atoms. The van der Waals surface area contributed by atoms with E-state index in [2.05, 4.69) is 12.2 Å². The summed E-state index contributed by atoms with van der Waals surface area (Å²) in [4.78, 5) is 38.7. The molecule has 0 unspecified atom stereocenters. The largest absolute Gasteiger partial charge is 0.333 e. The molecule has 1 aliphatic heterocycles. The summed E-state index contributed by atoms with van der Waals surface area (Å²) in [5, 5.41) is 0. The van der Waals surface area contributed by atoms with Gasteiger partial charge in [-0.3, -0.25) is 19.4 Å². The summed E-state index contributed by atoms with van der Waals surface area (Å²) < 4.78 is 0. The van der Waals surface area contributed by atoms with Gasteiger partial charge in [0.2, 0.25) is 0 Å². The van der Waals surface area contributed by atoms with Crippen LogP contribution < -0.4 is 0 Å². The van der Waals surface area contributed by atoms with Gasteiger partial charge in [-0.25, -0.2) is 4.79 Å². The highest BCUT2D eigenvalue weighted by Crippen LogP contribution is 2.17. The lowest BCUT2D eigenvalue weighted by Crippen LogP contribution is -2.56. The average molecular weight is 300 g/mol. The Morgan fingerprint density at radius 3 is 2.18 bits per heavy atom. The molecule has 116 valence electrons. The number of rotatable bonds is 4. The minimum Gasteiger partial charge on any atom is -0.268 e. The molecule has 0 N–H and O–H groups in total. The Labute approximate surface area is 130 Å². The van der Waals surface area contributed by atoms with Crippen molar-refractivity contribution in [3.8, 4) is 0 Å². The van der Waals surface area contributed by atoms with E-state index in [9.17, 15) is 14.4 Å². The van der Waals surface area contributed by atoms with Crippen molar-refractivity contribution in [3.05, 3.63) is 47.6 Å². The van der Waals surface area contributed by atoms with Gasteiger partial charge in [-0.15, -0.1) is 0 Å². The van der Waals surface area contributed by atoms with Crippen LogP contribution >= 0.6 is 0 Å². The number of nitrogens with zero attached hydrogens (tertiary/aromatic N) is 2. The number of likely N-dealkylation sites (N-methyl/N-ethyl adjacent to an activating group) is 2. The Bertz CT molecular complexity index is 583. The number of allylic oxidation sites excluding steroid dienone is 7. The van der Waals surface area contributed by atoms with Crippen molar-refractivity contribution in [3.63, 3.8) is 0 Å². The van der Waals surface area contributed by atoms with Crippen molar-refractivity contribution < 1.29 is 14.4 Å². The van der Waals surface area contributed by atoms with E-state index in [1.807, 2.05) is 12.2 Å². The molecule has 1 saturated heterocycles. The maximum atomic E-state index is 12.2. The first kappa shape index (κ1) is 15.9. The molecule has 0 aromatic heterocycles. The summed E-state index contributed by atoms with van der Waals surface area (Å²) in [6.45, 7) is 3.92. The lowest BCUT2D eigenvalue weighted by molar-refractivity contribution is -0.135. The van der Waals surface area contributed by atoms with Crippen LogP contribution in [0.25, 0.3) is 0 Å². The highest BCUT2D eigenvalue weighted by atomic mass is 16.2. The van der Waals surface area contributed by atoms with Gasteiger partial charge in [0.15, 0.2) is 0 Å². The maximum absolute atomic E-state index is 12.2. The second-order valence-corrected chi connectivity index (χ2v) is 5.00. The zero-order valence-corrected chi connectivity index (χ0v) is 12.9. The minimum atomic E-state index is -0.543. The van der Waals surface area contributed by atoms with Gasteiger partial charge in [0, 0.05) is 13.1 Å². The van der Waals surface area contributed by atoms with Gasteiger partial charge in [-0.1, -0.05) is 30.4 Å². The fourth-order valence-corrected chi connectivity index (χ4v) is 2.41. The summed E-state index contributed by atoms with van der Waals surface area (Å²) in [6.07, 6.45) is 13.2. The number of carbonyl (C=O) groups is 3. The average Bonchev–Trinajstić information content (AvgIpc) is 2.52. The monoisotopic (exact) mass is 300 g/mol. The summed E-state index contributed by atoms with van der Waals surface area (Å²) in [5.74, 6) is -1.06. The van der Waals surface area contributed by atoms with E-state index in [1.165, 1.54) is 6.08 Å². The number of imide groups is 2. The number of barbiturate groups is 1. The SMILES string of the molecule is CCN1C(=O)C(=C/C=C/C2=CCCC=C2)C(=O)N(CC)C1=O. The Morgan fingerprint density at radius 2 is 1.68 bits per heavy atom. The third-order valence-electron chi connectivity index (χ3n) is 3.62. The van der Waals surface area contributed by atoms with Gasteiger partial charge < -0.3 is 0 Å². The zero-order chi connectivity index (χ0) is 16.1. The molecule has 2 rings (SSSR count). The fourth-order valence-electron chi connectivity index (χ4n) is 2.41. The molecule has 1 fully saturated rings. The number of urea groups is 1. The Hall–Kier alpha value is -2.43. The zero-order valence-electron chi connectivity index (χ0n) is 12.9. The first-order valence-electron chi connectivity index (χ1n) is 7.52. The third kappa shape index (κ3) is 3.08. The predicted molar refractivity (Wildman–Crippen MR) is 83.9 cm³/mol. The molecular formula is C17H20N2O3. The van der Waals surface area contributed by atoms with Crippen molar-refractivity contribution in [2.75, 3.05) is 13.1 Å². The number of carbonyl (C=O) groups excluding carboxylic acids is 3. The Balaban J connectivity index is 2.25. The van der Waals surface area contributed by atoms with E-state index >= 15 is 0 Å². The molecule has 0 aromatic rings. The molecule has 0 bridgehead atoms. The number of hydrogen-bond donors (Lipinski definition) is 0. The van der Waals surface area contributed by atoms with E-state index < -0.39 is 17.8 Å². The topological polar surface area (TPSA) is 57.7 Å². The van der Waals surface area contributed by atoms with Gasteiger partial charge in [-0.2, -0.15) is 0 Å². The molecule has 0 atom stereocenters. The number of hydrogen-bond acceptors (Lipinski definition) is 3. The first-order valence-corrected chi connectivity index (χ1v) is 7.52. The summed E-state index contributed by atoms with van der Waals surface area (Å²) in [5.41, 5.74) is 1.08. The fraction of sp³-hybridized carbons (Fsp3) is 0.353. The quantitative estimate of drug-likeness (QED) is 0.592. The second kappa shape index (κ2) is 7.02. The van der Waals surface area contributed by atoms with Crippen LogP contribution in [0.3, 0.4) is 0 Å². The standard InChI is InChI=1S/C17H20N2O3/c1-3-18-15(20)14(16(21)19(4-2)17(18)22)12-8-11-13-9-6-5-7-10-13/h6,8-12H,3-5,7H2,1-2H3/b11-8+. The lowest BCUT2D eigenvalue weighted by atomic mass is 10.1. The van der Waals surface area contributed by atoms with E-state index in [4.69, 9.17) is 0 Å². The molecule has 1 heterocycles. The van der Waals surface area contributed by atoms with Crippen LogP contribution in [0.15, 0.2) is 47.6 Å². The molecular weight excluding hydrogens is 280 g/mol. The van der Waals surface area contributed by atoms with E-state index in [1.54, 1.807) is 19.9 Å². The normalized spacial score (nSPS) is 19.3. The summed E-state index contributed by atoms with van der Waals surface area (Å²) >= 11 is 0. The van der Waals surface area contributed by atoms with Crippen molar-refractivity contribution in [1.82, 2.24) is 9.80 Å². The molecule has 0 saturated carbocycles. The van der Waals surface area contributed by atoms with Crippen LogP contribution in [-0.2, 0) is 9.59 Å². The second-order valence-electron chi connectivity index (χ2n) is 5.00. The van der Waals surface area contributed by atoms with Gasteiger partial charge in [0.25, 0.3) is 11.8 Å². The van der Waals surface area contributed by atoms with Gasteiger partial charge in [-0.05, 0) is 38.3 Å². The summed E-state index contributed by atoms with van der Waals surface area (Å²) in [7, 11) is 0. The molecule has 5 nitrogen and oxygen atoms in total. The van der Waals surface area contributed by atoms with Crippen LogP contribution in [-0.4, -0.2) is 40.7 Å². The maximum Gasteiger partial charge on any atom is 0.333 e. The van der Waals surface area contributed by atoms with Crippen LogP contribution in [0.5, 0.6) is 0 Å². The van der Waals surface area contributed by atoms with Crippen molar-refractivity contribution in [1.29, 1.82) is 0 Å². The summed E-state index contributed by atoms with van der Waals surface area (Å²) in [6, 6.07) is -0.543. The van der Waals surface area contributed by atoms with Crippen LogP contribution in [0, 0.1) is 0 Å². The van der Waals surface area contributed by atoms with Crippen molar-refractivity contribution in [2.24, 2.45) is 0 Å². The molecule has 5 heteroatoms. The number of amides is 4.